The summed E-state index contributed by atoms with van der Waals surface area (Å²) in [6.07, 6.45) is 1.85. The average molecular weight is 426 g/mol. The zero-order chi connectivity index (χ0) is 22.4. The number of halogens is 1. The highest BCUT2D eigenvalue weighted by molar-refractivity contribution is 5.93. The number of fused-ring (bicyclic) bond motifs is 3. The molecule has 0 radical (unpaired) electrons. The molecule has 2 heterocycles. The molecule has 32 heavy (non-hydrogen) atoms. The fraction of sp³-hybridized carbons (Fsp3) is 0.185. The molecule has 0 bridgehead atoms. The number of benzene rings is 3. The molecule has 0 aromatic heterocycles. The summed E-state index contributed by atoms with van der Waals surface area (Å²) in [5, 5.41) is 5.27. The molecule has 0 N–H and O–H groups in total. The molecule has 0 saturated carbocycles. The van der Waals surface area contributed by atoms with Gasteiger partial charge in [0.25, 0.3) is 5.56 Å². The minimum Gasteiger partial charge on any atom is -0.342 e. The smallest absolute Gasteiger partial charge is 0.278 e. The predicted octanol–water partition coefficient (Wildman–Crippen LogP) is 5.46. The molecule has 0 amide bonds. The first-order valence-electron chi connectivity index (χ1n) is 10.7. The lowest BCUT2D eigenvalue weighted by Crippen LogP contribution is -2.18. The fourth-order valence-corrected chi connectivity index (χ4v) is 4.38. The molecule has 0 aliphatic carbocycles. The number of nitrogens with zero attached hydrogens (tertiary/aromatic N) is 3. The minimum atomic E-state index is -0.344. The van der Waals surface area contributed by atoms with E-state index in [0.717, 1.165) is 22.2 Å². The van der Waals surface area contributed by atoms with Gasteiger partial charge in [0.1, 0.15) is 11.5 Å². The summed E-state index contributed by atoms with van der Waals surface area (Å²) in [5.41, 5.74) is 7.35. The third-order valence-corrected chi connectivity index (χ3v) is 6.00. The first-order valence-corrected chi connectivity index (χ1v) is 10.7. The molecule has 0 spiro atoms. The molecule has 5 rings (SSSR count). The molecule has 0 atom stereocenters. The Morgan fingerprint density at radius 2 is 1.72 bits per heavy atom. The van der Waals surface area contributed by atoms with Crippen LogP contribution in [0.15, 0.2) is 71.7 Å². The Bertz CT molecular complexity index is 1500. The van der Waals surface area contributed by atoms with Crippen LogP contribution in [0.5, 0.6) is 0 Å². The van der Waals surface area contributed by atoms with Crippen LogP contribution in [0.3, 0.4) is 0 Å². The largest absolute Gasteiger partial charge is 0.342 e. The van der Waals surface area contributed by atoms with Crippen LogP contribution in [0.1, 0.15) is 27.8 Å². The van der Waals surface area contributed by atoms with Crippen molar-refractivity contribution in [2.24, 2.45) is 0 Å². The molecule has 4 nitrogen and oxygen atoms in total. The average Bonchev–Trinajstić information content (AvgIpc) is 3.06. The number of rotatable bonds is 4. The quantitative estimate of drug-likeness (QED) is 0.383. The van der Waals surface area contributed by atoms with Gasteiger partial charge in [-0.1, -0.05) is 53.6 Å². The highest BCUT2D eigenvalue weighted by Gasteiger charge is 2.21. The van der Waals surface area contributed by atoms with Crippen LogP contribution < -0.4 is 5.56 Å². The maximum absolute atomic E-state index is 14.2. The molecule has 2 aliphatic heterocycles. The number of hydrogen-bond donors (Lipinski definition) is 0. The van der Waals surface area contributed by atoms with Crippen LogP contribution in [-0.2, 0) is 13.1 Å². The molecular formula is C27H24FN3O. The van der Waals surface area contributed by atoms with Gasteiger partial charge in [-0.25, -0.2) is 9.07 Å². The summed E-state index contributed by atoms with van der Waals surface area (Å²) in [6.45, 7) is 7.11. The van der Waals surface area contributed by atoms with Crippen molar-refractivity contribution in [3.63, 3.8) is 0 Å². The van der Waals surface area contributed by atoms with Gasteiger partial charge < -0.3 is 4.57 Å². The van der Waals surface area contributed by atoms with Crippen molar-refractivity contribution in [1.29, 1.82) is 0 Å². The molecule has 3 aromatic rings. The Labute approximate surface area is 185 Å². The maximum atomic E-state index is 14.2. The second-order valence-corrected chi connectivity index (χ2v) is 8.56. The van der Waals surface area contributed by atoms with Crippen molar-refractivity contribution in [1.82, 2.24) is 14.3 Å². The minimum absolute atomic E-state index is 0.163. The SMILES string of the molecule is Cc1cccc(Cn2cc3c(=O)n(Cc4ccc(C)cc4C)nc-3c3cc(F)ccc32)c1. The van der Waals surface area contributed by atoms with Gasteiger partial charge in [-0.05, 0) is 55.7 Å². The lowest BCUT2D eigenvalue weighted by atomic mass is 10.1. The maximum Gasteiger partial charge on any atom is 0.278 e. The normalized spacial score (nSPS) is 11.5. The molecule has 5 heteroatoms. The zero-order valence-corrected chi connectivity index (χ0v) is 18.4. The van der Waals surface area contributed by atoms with E-state index in [2.05, 4.69) is 36.3 Å². The summed E-state index contributed by atoms with van der Waals surface area (Å²) in [5.74, 6) is -0.344. The van der Waals surface area contributed by atoms with Crippen LogP contribution in [0.4, 0.5) is 4.39 Å². The van der Waals surface area contributed by atoms with Gasteiger partial charge in [0.2, 0.25) is 0 Å². The number of pyridine rings is 1. The molecule has 0 fully saturated rings. The summed E-state index contributed by atoms with van der Waals surface area (Å²) < 4.78 is 17.7. The van der Waals surface area contributed by atoms with Gasteiger partial charge in [-0.3, -0.25) is 4.79 Å². The van der Waals surface area contributed by atoms with Gasteiger partial charge in [-0.2, -0.15) is 5.10 Å². The Morgan fingerprint density at radius 3 is 2.50 bits per heavy atom. The number of aryl methyl sites for hydroxylation is 3. The number of hydrogen-bond acceptors (Lipinski definition) is 2. The third-order valence-electron chi connectivity index (χ3n) is 6.00. The van der Waals surface area contributed by atoms with E-state index in [1.54, 1.807) is 6.07 Å². The van der Waals surface area contributed by atoms with Crippen LogP contribution in [0.2, 0.25) is 0 Å². The van der Waals surface area contributed by atoms with Crippen molar-refractivity contribution in [2.45, 2.75) is 33.9 Å². The Balaban J connectivity index is 1.68. The summed E-state index contributed by atoms with van der Waals surface area (Å²) in [7, 11) is 0. The molecule has 160 valence electrons. The van der Waals surface area contributed by atoms with Gasteiger partial charge in [0.15, 0.2) is 0 Å². The molecule has 2 aliphatic rings. The molecule has 0 saturated heterocycles. The zero-order valence-electron chi connectivity index (χ0n) is 18.4. The van der Waals surface area contributed by atoms with Crippen LogP contribution in [0, 0.1) is 26.6 Å². The molecular weight excluding hydrogens is 401 g/mol. The van der Waals surface area contributed by atoms with Crippen molar-refractivity contribution in [2.75, 3.05) is 0 Å². The van der Waals surface area contributed by atoms with Crippen molar-refractivity contribution < 1.29 is 4.39 Å². The van der Waals surface area contributed by atoms with Gasteiger partial charge >= 0.3 is 0 Å². The van der Waals surface area contributed by atoms with Gasteiger partial charge in [-0.15, -0.1) is 0 Å². The van der Waals surface area contributed by atoms with E-state index in [-0.39, 0.29) is 11.4 Å². The first kappa shape index (κ1) is 20.2. The van der Waals surface area contributed by atoms with E-state index >= 15 is 0 Å². The monoisotopic (exact) mass is 425 g/mol. The highest BCUT2D eigenvalue weighted by atomic mass is 19.1. The van der Waals surface area contributed by atoms with E-state index in [1.165, 1.54) is 27.9 Å². The summed E-state index contributed by atoms with van der Waals surface area (Å²) >= 11 is 0. The van der Waals surface area contributed by atoms with Crippen molar-refractivity contribution >= 4 is 10.9 Å². The van der Waals surface area contributed by atoms with Crippen LogP contribution >= 0.6 is 0 Å². The summed E-state index contributed by atoms with van der Waals surface area (Å²) in [4.78, 5) is 13.3. The van der Waals surface area contributed by atoms with E-state index in [0.29, 0.717) is 29.7 Å². The van der Waals surface area contributed by atoms with Crippen molar-refractivity contribution in [3.05, 3.63) is 111 Å². The van der Waals surface area contributed by atoms with E-state index < -0.39 is 0 Å². The first-order chi connectivity index (χ1) is 15.4. The van der Waals surface area contributed by atoms with Crippen LogP contribution in [0.25, 0.3) is 22.2 Å². The van der Waals surface area contributed by atoms with Crippen molar-refractivity contribution in [3.8, 4) is 11.3 Å². The standard InChI is InChI=1S/C27H24FN3O/c1-17-5-4-6-20(12-17)14-30-16-24-26(23-13-22(28)9-10-25(23)30)29-31(27(24)32)15-21-8-7-18(2)11-19(21)3/h4-13,16H,14-15H2,1-3H3. The molecule has 3 aromatic carbocycles. The Morgan fingerprint density at radius 1 is 0.906 bits per heavy atom. The molecule has 0 unspecified atom stereocenters. The van der Waals surface area contributed by atoms with Gasteiger partial charge in [0, 0.05) is 18.1 Å². The Hall–Kier alpha value is -3.73. The summed E-state index contributed by atoms with van der Waals surface area (Å²) in [6, 6.07) is 19.1. The third kappa shape index (κ3) is 3.60. The van der Waals surface area contributed by atoms with E-state index in [4.69, 9.17) is 0 Å². The predicted molar refractivity (Wildman–Crippen MR) is 126 cm³/mol. The van der Waals surface area contributed by atoms with Gasteiger partial charge in [0.05, 0.1) is 17.6 Å². The topological polar surface area (TPSA) is 39.8 Å². The highest BCUT2D eigenvalue weighted by Crippen LogP contribution is 2.29. The second kappa shape index (κ2) is 7.75. The Kier molecular flexibility index (Phi) is 4.89. The second-order valence-electron chi connectivity index (χ2n) is 8.56. The van der Waals surface area contributed by atoms with E-state index in [1.807, 2.05) is 42.8 Å². The van der Waals surface area contributed by atoms with Crippen LogP contribution in [-0.4, -0.2) is 14.3 Å². The lowest BCUT2D eigenvalue weighted by molar-refractivity contribution is 0.629. The van der Waals surface area contributed by atoms with E-state index in [9.17, 15) is 9.18 Å². The number of aromatic nitrogens is 3. The lowest BCUT2D eigenvalue weighted by Gasteiger charge is -2.14. The fourth-order valence-electron chi connectivity index (χ4n) is 4.38.